The number of hydrogen-bond donors (Lipinski definition) is 2. The van der Waals surface area contributed by atoms with Crippen LogP contribution >= 0.6 is 11.6 Å². The zero-order valence-electron chi connectivity index (χ0n) is 23.1. The van der Waals surface area contributed by atoms with Crippen molar-refractivity contribution in [3.63, 3.8) is 0 Å². The van der Waals surface area contributed by atoms with Gasteiger partial charge >= 0.3 is 6.09 Å². The highest BCUT2D eigenvalue weighted by molar-refractivity contribution is 6.31. The Labute approximate surface area is 251 Å². The Kier molecular flexibility index (Phi) is 9.23. The highest BCUT2D eigenvalue weighted by atomic mass is 35.5. The van der Waals surface area contributed by atoms with Crippen LogP contribution in [0.3, 0.4) is 0 Å². The average Bonchev–Trinajstić information content (AvgIpc) is 3.48. The molecule has 43 heavy (non-hydrogen) atoms. The van der Waals surface area contributed by atoms with Crippen molar-refractivity contribution < 1.29 is 23.5 Å². The molecule has 2 aromatic carbocycles. The molecule has 3 aromatic rings. The van der Waals surface area contributed by atoms with Gasteiger partial charge in [0.1, 0.15) is 24.9 Å². The van der Waals surface area contributed by atoms with Crippen LogP contribution in [0.1, 0.15) is 25.3 Å². The van der Waals surface area contributed by atoms with Crippen LogP contribution in [0, 0.1) is 5.82 Å². The number of amides is 3. The zero-order valence-corrected chi connectivity index (χ0v) is 23.9. The topological polar surface area (TPSA) is 132 Å². The molecule has 0 aliphatic carbocycles. The maximum absolute atomic E-state index is 14.0. The summed E-state index contributed by atoms with van der Waals surface area (Å²) >= 11 is 6.10. The largest absolute Gasteiger partial charge is 0.447 e. The highest BCUT2D eigenvalue weighted by Gasteiger charge is 2.27. The van der Waals surface area contributed by atoms with Gasteiger partial charge in [0.15, 0.2) is 5.82 Å². The second kappa shape index (κ2) is 13.4. The van der Waals surface area contributed by atoms with E-state index in [-0.39, 0.29) is 36.9 Å². The Bertz CT molecular complexity index is 1630. The summed E-state index contributed by atoms with van der Waals surface area (Å²) in [6, 6.07) is 12.9. The Morgan fingerprint density at radius 3 is 2.77 bits per heavy atom. The van der Waals surface area contributed by atoms with Gasteiger partial charge in [0.05, 0.1) is 17.3 Å². The van der Waals surface area contributed by atoms with Crippen molar-refractivity contribution in [2.24, 2.45) is 10.2 Å². The molecule has 12 nitrogen and oxygen atoms in total. The van der Waals surface area contributed by atoms with E-state index in [1.807, 2.05) is 24.3 Å². The van der Waals surface area contributed by atoms with Crippen molar-refractivity contribution >= 4 is 46.1 Å². The molecule has 1 atom stereocenters. The number of anilines is 1. The zero-order chi connectivity index (χ0) is 30.3. The van der Waals surface area contributed by atoms with E-state index in [1.54, 1.807) is 41.8 Å². The molecular formula is C29H28ClFN8O4. The van der Waals surface area contributed by atoms with Gasteiger partial charge in [-0.1, -0.05) is 48.0 Å². The van der Waals surface area contributed by atoms with Crippen molar-refractivity contribution in [2.75, 3.05) is 18.6 Å². The Hall–Kier alpha value is -4.88. The summed E-state index contributed by atoms with van der Waals surface area (Å²) in [5, 5.41) is 13.5. The average molecular weight is 607 g/mol. The van der Waals surface area contributed by atoms with Crippen LogP contribution in [-0.4, -0.2) is 57.0 Å². The molecule has 14 heteroatoms. The summed E-state index contributed by atoms with van der Waals surface area (Å²) in [5.74, 6) is -0.442. The van der Waals surface area contributed by atoms with Crippen molar-refractivity contribution in [1.82, 2.24) is 25.2 Å². The number of carbonyl (C=O) groups is 3. The molecule has 0 radical (unpaired) electrons. The van der Waals surface area contributed by atoms with Crippen molar-refractivity contribution in [3.8, 4) is 0 Å². The molecule has 2 aliphatic rings. The lowest BCUT2D eigenvalue weighted by Crippen LogP contribution is -2.51. The lowest BCUT2D eigenvalue weighted by atomic mass is 10.1. The van der Waals surface area contributed by atoms with Crippen LogP contribution in [0.2, 0.25) is 5.02 Å². The number of azo groups is 1. The van der Waals surface area contributed by atoms with E-state index in [0.717, 1.165) is 10.8 Å². The van der Waals surface area contributed by atoms with Gasteiger partial charge < -0.3 is 9.64 Å². The molecule has 0 spiro atoms. The third kappa shape index (κ3) is 7.31. The summed E-state index contributed by atoms with van der Waals surface area (Å²) in [7, 11) is 0. The SMILES string of the molecule is CC(=O)N(NCc1cccc(F)c1Cl)[C@@H](CCC(=O)N1C=CN2CN=NC2=C1)COC(=O)Nc1cc2ccccc2cn1. The standard InChI is InChI=1S/C29H28ClFN8O4/c1-19(40)39(34-15-22-7-4-8-24(31)28(22)30)23(9-10-27(41)37-11-12-38-18-33-36-26(38)16-37)17-43-29(42)35-25-13-20-5-2-3-6-21(20)14-32-25/h2-8,11-14,16,23,34H,9-10,15,17-18H2,1H3,(H,32,35,42)/t23-/m0/s1. The van der Waals surface area contributed by atoms with E-state index in [4.69, 9.17) is 16.3 Å². The maximum atomic E-state index is 14.0. The number of halogens is 2. The fourth-order valence-corrected chi connectivity index (χ4v) is 4.72. The third-order valence-corrected chi connectivity index (χ3v) is 7.19. The normalized spacial score (nSPS) is 14.3. The number of rotatable bonds is 10. The van der Waals surface area contributed by atoms with Gasteiger partial charge in [-0.25, -0.2) is 19.6 Å². The van der Waals surface area contributed by atoms with E-state index in [1.165, 1.54) is 29.0 Å². The van der Waals surface area contributed by atoms with Crippen LogP contribution in [-0.2, 0) is 20.9 Å². The van der Waals surface area contributed by atoms with Gasteiger partial charge in [0.25, 0.3) is 0 Å². The summed E-state index contributed by atoms with van der Waals surface area (Å²) in [6.07, 6.45) is 5.85. The van der Waals surface area contributed by atoms with Gasteiger partial charge in [0.2, 0.25) is 11.8 Å². The molecule has 2 aliphatic heterocycles. The maximum Gasteiger partial charge on any atom is 0.412 e. The number of hydrazine groups is 1. The summed E-state index contributed by atoms with van der Waals surface area (Å²) in [4.78, 5) is 45.9. The molecule has 3 heterocycles. The predicted molar refractivity (Wildman–Crippen MR) is 156 cm³/mol. The van der Waals surface area contributed by atoms with Gasteiger partial charge in [-0.3, -0.25) is 24.8 Å². The molecule has 0 unspecified atom stereocenters. The van der Waals surface area contributed by atoms with Crippen molar-refractivity contribution in [3.05, 3.63) is 95.6 Å². The van der Waals surface area contributed by atoms with Crippen LogP contribution < -0.4 is 10.7 Å². The number of nitrogens with zero attached hydrogens (tertiary/aromatic N) is 6. The van der Waals surface area contributed by atoms with E-state index < -0.39 is 23.9 Å². The Morgan fingerprint density at radius 1 is 1.14 bits per heavy atom. The molecule has 0 saturated heterocycles. The minimum absolute atomic E-state index is 0.000675. The number of pyridine rings is 1. The lowest BCUT2D eigenvalue weighted by Gasteiger charge is -2.31. The molecule has 5 rings (SSSR count). The number of carbonyl (C=O) groups excluding carboxylic acids is 3. The minimum Gasteiger partial charge on any atom is -0.447 e. The smallest absolute Gasteiger partial charge is 0.412 e. The fraction of sp³-hybridized carbons (Fsp3) is 0.241. The number of benzene rings is 2. The number of hydrogen-bond acceptors (Lipinski definition) is 9. The lowest BCUT2D eigenvalue weighted by molar-refractivity contribution is -0.137. The van der Waals surface area contributed by atoms with Crippen LogP contribution in [0.15, 0.2) is 89.4 Å². The molecule has 3 amide bonds. The van der Waals surface area contributed by atoms with Crippen LogP contribution in [0.25, 0.3) is 10.8 Å². The first-order chi connectivity index (χ1) is 20.8. The Balaban J connectivity index is 1.27. The molecule has 0 bridgehead atoms. The first kappa shape index (κ1) is 29.6. The summed E-state index contributed by atoms with van der Waals surface area (Å²) in [5.41, 5.74) is 3.37. The Morgan fingerprint density at radius 2 is 1.95 bits per heavy atom. The van der Waals surface area contributed by atoms with E-state index in [9.17, 15) is 18.8 Å². The van der Waals surface area contributed by atoms with Crippen LogP contribution in [0.5, 0.6) is 0 Å². The molecule has 222 valence electrons. The van der Waals surface area contributed by atoms with Gasteiger partial charge in [-0.05, 0) is 29.5 Å². The van der Waals surface area contributed by atoms with Crippen LogP contribution in [0.4, 0.5) is 15.0 Å². The van der Waals surface area contributed by atoms with E-state index >= 15 is 0 Å². The number of nitrogens with one attached hydrogen (secondary N) is 2. The van der Waals surface area contributed by atoms with E-state index in [2.05, 4.69) is 26.0 Å². The number of aromatic nitrogens is 1. The fourth-order valence-electron chi connectivity index (χ4n) is 4.52. The molecule has 2 N–H and O–H groups in total. The summed E-state index contributed by atoms with van der Waals surface area (Å²) in [6.45, 7) is 1.46. The highest BCUT2D eigenvalue weighted by Crippen LogP contribution is 2.22. The second-order valence-corrected chi connectivity index (χ2v) is 10.1. The first-order valence-corrected chi connectivity index (χ1v) is 13.8. The molecular weight excluding hydrogens is 579 g/mol. The predicted octanol–water partition coefficient (Wildman–Crippen LogP) is 5.12. The second-order valence-electron chi connectivity index (χ2n) is 9.71. The van der Waals surface area contributed by atoms with Crippen molar-refractivity contribution in [2.45, 2.75) is 32.4 Å². The van der Waals surface area contributed by atoms with Gasteiger partial charge in [-0.15, -0.1) is 5.11 Å². The number of ether oxygens (including phenoxy) is 1. The van der Waals surface area contributed by atoms with Crippen molar-refractivity contribution in [1.29, 1.82) is 0 Å². The van der Waals surface area contributed by atoms with E-state index in [0.29, 0.717) is 23.9 Å². The number of fused-ring (bicyclic) bond motifs is 2. The minimum atomic E-state index is -0.786. The van der Waals surface area contributed by atoms with Gasteiger partial charge in [0, 0.05) is 43.9 Å². The molecule has 0 fully saturated rings. The monoisotopic (exact) mass is 606 g/mol. The first-order valence-electron chi connectivity index (χ1n) is 13.4. The molecule has 1 aromatic heterocycles. The summed E-state index contributed by atoms with van der Waals surface area (Å²) < 4.78 is 19.5. The third-order valence-electron chi connectivity index (χ3n) is 6.77. The quantitative estimate of drug-likeness (QED) is 0.306. The van der Waals surface area contributed by atoms with Gasteiger partial charge in [-0.2, -0.15) is 5.11 Å². The molecule has 0 saturated carbocycles.